The molecular weight excluding hydrogens is 1840 g/mol. The van der Waals surface area contributed by atoms with Gasteiger partial charge in [-0.05, 0) is 327 Å². The van der Waals surface area contributed by atoms with E-state index < -0.39 is 21.9 Å². The molecule has 0 aromatic heterocycles. The molecule has 22 heteroatoms. The molecule has 0 aliphatic carbocycles. The second-order valence-electron chi connectivity index (χ2n) is 39.7. The summed E-state index contributed by atoms with van der Waals surface area (Å²) in [6.45, 7) is 73.1. The van der Waals surface area contributed by atoms with E-state index in [9.17, 15) is 36.2 Å². The highest BCUT2D eigenvalue weighted by atomic mass is 32.2. The lowest BCUT2D eigenvalue weighted by Gasteiger charge is -2.16. The molecule has 0 amide bonds. The van der Waals surface area contributed by atoms with Gasteiger partial charge < -0.3 is 63.9 Å². The van der Waals surface area contributed by atoms with E-state index in [4.69, 9.17) is 43.6 Å². The Kier molecular flexibility index (Phi) is 64.0. The van der Waals surface area contributed by atoms with Crippen LogP contribution >= 0.6 is 11.8 Å². The topological polar surface area (TPSA) is 208 Å². The first kappa shape index (κ1) is 133. The SMILES string of the molecule is C.CC(C)Oc1ccc(C(C)C)c(F)c1.CC(C)Oc1ccc(C(C)C)cc1CN.CC(C)Oc1ccc(C(C)C)cc1O.CC(C)Sc1ccc(C(C)C)cc1.CC(C)c1ccc(NS(=O)(=O)C(C)C)cc1.CCOc1ccc(C(C)C)cc1F.CNCc1cc(C(C)C)ccc1OC(C)C.COc1cc(C(C)C)ccc1O.COc1cc(C(C)C)ccc1OC(F)F.Cc1cc(OC(C)C)ccc1C(C)C. The van der Waals surface area contributed by atoms with Gasteiger partial charge in [-0.25, -0.2) is 17.2 Å². The van der Waals surface area contributed by atoms with E-state index in [1.54, 1.807) is 69.5 Å². The Balaban J connectivity index is 0.00000157. The highest BCUT2D eigenvalue weighted by molar-refractivity contribution is 7.99. The molecule has 143 heavy (non-hydrogen) atoms. The minimum absolute atomic E-state index is 0. The number of nitrogens with two attached hydrogens (primary N) is 1. The number of sulfonamides is 1. The Bertz CT molecular complexity index is 5160. The van der Waals surface area contributed by atoms with Gasteiger partial charge in [-0.15, -0.1) is 11.8 Å². The van der Waals surface area contributed by atoms with E-state index in [-0.39, 0.29) is 72.7 Å². The van der Waals surface area contributed by atoms with Crippen LogP contribution in [0.5, 0.6) is 63.2 Å². The fourth-order valence-electron chi connectivity index (χ4n) is 13.2. The van der Waals surface area contributed by atoms with Crippen LogP contribution in [0, 0.1) is 18.6 Å². The summed E-state index contributed by atoms with van der Waals surface area (Å²) in [5.74, 6) is 9.83. The third-order valence-electron chi connectivity index (χ3n) is 21.3. The fraction of sp³-hybridized carbons (Fsp3) is 0.504. The van der Waals surface area contributed by atoms with Crippen molar-refractivity contribution in [2.75, 3.05) is 32.6 Å². The van der Waals surface area contributed by atoms with Crippen LogP contribution in [0.4, 0.5) is 23.2 Å². The van der Waals surface area contributed by atoms with Crippen molar-refractivity contribution in [3.63, 3.8) is 0 Å². The minimum atomic E-state index is -3.23. The van der Waals surface area contributed by atoms with Gasteiger partial charge in [-0.1, -0.05) is 245 Å². The van der Waals surface area contributed by atoms with Gasteiger partial charge in [0.15, 0.2) is 46.1 Å². The predicted molar refractivity (Wildman–Crippen MR) is 599 cm³/mol. The summed E-state index contributed by atoms with van der Waals surface area (Å²) in [4.78, 5) is 1.37. The van der Waals surface area contributed by atoms with Gasteiger partial charge in [0, 0.05) is 46.1 Å². The Hall–Kier alpha value is -10.3. The normalized spacial score (nSPS) is 11.0. The van der Waals surface area contributed by atoms with Crippen LogP contribution in [0.1, 0.15) is 381 Å². The number of hydrogen-bond acceptors (Lipinski definition) is 16. The summed E-state index contributed by atoms with van der Waals surface area (Å²) >= 11 is 1.92. The molecule has 0 saturated carbocycles. The highest BCUT2D eigenvalue weighted by Crippen LogP contribution is 2.37. The Morgan fingerprint density at radius 2 is 0.713 bits per heavy atom. The molecule has 800 valence electrons. The fourth-order valence-corrected chi connectivity index (χ4v) is 14.8. The molecule has 6 N–H and O–H groups in total. The van der Waals surface area contributed by atoms with Crippen LogP contribution in [0.15, 0.2) is 199 Å². The van der Waals surface area contributed by atoms with Gasteiger partial charge in [0.25, 0.3) is 0 Å². The number of hydrogen-bond donors (Lipinski definition) is 5. The second-order valence-corrected chi connectivity index (χ2v) is 43.6. The van der Waals surface area contributed by atoms with E-state index in [2.05, 4.69) is 219 Å². The molecule has 10 rings (SSSR count). The number of halogens is 4. The van der Waals surface area contributed by atoms with Crippen molar-refractivity contribution in [3.05, 3.63) is 278 Å². The van der Waals surface area contributed by atoms with E-state index in [0.29, 0.717) is 106 Å². The van der Waals surface area contributed by atoms with Crippen LogP contribution in [-0.4, -0.2) is 94.1 Å². The largest absolute Gasteiger partial charge is 0.504 e. The number of methoxy groups -OCH3 is 2. The van der Waals surface area contributed by atoms with Crippen LogP contribution in [-0.2, 0) is 23.1 Å². The monoisotopic (exact) mass is 2030 g/mol. The van der Waals surface area contributed by atoms with Crippen molar-refractivity contribution in [1.82, 2.24) is 5.32 Å². The molecule has 0 atom stereocenters. The van der Waals surface area contributed by atoms with Crippen LogP contribution in [0.25, 0.3) is 0 Å². The van der Waals surface area contributed by atoms with Crippen molar-refractivity contribution in [2.45, 2.75) is 381 Å². The summed E-state index contributed by atoms with van der Waals surface area (Å²) in [7, 11) is 1.71. The summed E-state index contributed by atoms with van der Waals surface area (Å²) in [5.41, 5.74) is 21.7. The first-order chi connectivity index (χ1) is 66.3. The number of alkyl halides is 2. The van der Waals surface area contributed by atoms with Crippen LogP contribution in [0.2, 0.25) is 0 Å². The first-order valence-corrected chi connectivity index (χ1v) is 52.7. The molecule has 0 aliphatic heterocycles. The number of anilines is 1. The molecule has 10 aromatic rings. The van der Waals surface area contributed by atoms with E-state index in [1.165, 1.54) is 74.7 Å². The smallest absolute Gasteiger partial charge is 0.387 e. The third-order valence-corrected chi connectivity index (χ3v) is 24.0. The summed E-state index contributed by atoms with van der Waals surface area (Å²) in [6, 6.07) is 61.7. The molecule has 16 nitrogen and oxygen atoms in total. The number of benzene rings is 10. The molecule has 10 aromatic carbocycles. The maximum Gasteiger partial charge on any atom is 0.387 e. The van der Waals surface area contributed by atoms with Crippen molar-refractivity contribution in [1.29, 1.82) is 0 Å². The zero-order valence-electron chi connectivity index (χ0n) is 93.3. The number of rotatable bonds is 34. The number of phenols is 2. The van der Waals surface area contributed by atoms with E-state index in [1.807, 2.05) is 177 Å². The molecule has 0 fully saturated rings. The molecule has 0 spiro atoms. The standard InChI is InChI=1S/C14H23NO.C13H21NO.C13H20O.C12H17FO.C12H19NO2S.C12H18O2.C12H18S.C11H14F2O2.C11H15FO.C10H14O2.CH4/c1-10(2)12-6-7-14(16-11(3)4)13(8-12)9-15-5;1-9(2)11-5-6-13(15-10(3)4)12(7-11)8-14;1-9(2)13-7-6-12(8-11(13)5)14-10(3)4;1-8(2)11-6-5-10(7-12(11)13)14-9(3)4;1-9(2)11-5-7-12(8-6-11)13-16(14,15)10(3)4;1-8(2)10-5-6-12(11(13)7-10)14-9(3)4;1-9(2)11-5-7-12(8-6-11)13-10(3)4;1-7(2)8-4-5-9(15-11(12)13)10(6-8)14-3;1-4-13-11-6-5-9(8(2)3)7-10(11)12;1-7(2)8-4-5-9(11)10(6-8)12-3;/h6-8,10-11,15H,9H2,1-5H3;5-7,9-10H,8,14H2,1-4H3;6-10H,1-5H3;5-9H,1-4H3;5-10,13H,1-4H3;5-9,13H,1-4H3;5-10H,1-4H3;4-7,11H,1-3H3;5-8H,4H2,1-3H3;4-7,11H,1-3H3;1H4. The van der Waals surface area contributed by atoms with Gasteiger partial charge in [-0.3, -0.25) is 4.72 Å². The number of aryl methyl sites for hydroxylation is 1. The average Bonchev–Trinajstić information content (AvgIpc) is 0.667. The summed E-state index contributed by atoms with van der Waals surface area (Å²) in [5, 5.41) is 22.4. The molecule has 0 unspecified atom stereocenters. The Labute approximate surface area is 867 Å². The first-order valence-electron chi connectivity index (χ1n) is 50.3. The zero-order chi connectivity index (χ0) is 108. The maximum absolute atomic E-state index is 13.5. The molecule has 0 aliphatic rings. The second kappa shape index (κ2) is 68.9. The molecule has 0 saturated heterocycles. The average molecular weight is 2030 g/mol. The van der Waals surface area contributed by atoms with Crippen molar-refractivity contribution >= 4 is 27.5 Å². The Morgan fingerprint density at radius 3 is 1.08 bits per heavy atom. The lowest BCUT2D eigenvalue weighted by atomic mass is 9.98. The quantitative estimate of drug-likeness (QED) is 0.0188. The molecular formula is C121H183F4N3O13S2. The van der Waals surface area contributed by atoms with Crippen molar-refractivity contribution < 1.29 is 78.8 Å². The van der Waals surface area contributed by atoms with Crippen molar-refractivity contribution in [2.24, 2.45) is 5.73 Å². The number of aromatic hydroxyl groups is 2. The van der Waals surface area contributed by atoms with E-state index >= 15 is 0 Å². The van der Waals surface area contributed by atoms with Gasteiger partial charge in [-0.2, -0.15) is 8.78 Å². The van der Waals surface area contributed by atoms with Crippen LogP contribution in [0.3, 0.4) is 0 Å². The third kappa shape index (κ3) is 52.9. The summed E-state index contributed by atoms with van der Waals surface area (Å²) < 4.78 is 124. The maximum atomic E-state index is 13.5. The van der Waals surface area contributed by atoms with Gasteiger partial charge in [0.2, 0.25) is 10.0 Å². The molecule has 0 bridgehead atoms. The number of nitrogens with one attached hydrogen (secondary N) is 2. The Morgan fingerprint density at radius 1 is 0.357 bits per heavy atom. The van der Waals surface area contributed by atoms with Crippen molar-refractivity contribution in [3.8, 4) is 63.2 Å². The predicted octanol–water partition coefficient (Wildman–Crippen LogP) is 34.5. The zero-order valence-corrected chi connectivity index (χ0v) is 94.9. The van der Waals surface area contributed by atoms with E-state index in [0.717, 1.165) is 51.6 Å². The molecule has 0 radical (unpaired) electrons. The lowest BCUT2D eigenvalue weighted by Crippen LogP contribution is -2.22. The number of ether oxygens (including phenoxy) is 9. The summed E-state index contributed by atoms with van der Waals surface area (Å²) in [6.07, 6.45) is 0.838. The number of phenolic OH excluding ortho intramolecular Hbond substituents is 2. The molecule has 0 heterocycles. The van der Waals surface area contributed by atoms with Gasteiger partial charge in [0.1, 0.15) is 28.8 Å². The van der Waals surface area contributed by atoms with Gasteiger partial charge in [0.05, 0.1) is 56.6 Å². The highest BCUT2D eigenvalue weighted by Gasteiger charge is 2.19. The minimum Gasteiger partial charge on any atom is -0.504 e. The van der Waals surface area contributed by atoms with Gasteiger partial charge >= 0.3 is 6.61 Å². The lowest BCUT2D eigenvalue weighted by molar-refractivity contribution is -0.0512. The van der Waals surface area contributed by atoms with Crippen LogP contribution < -0.4 is 58.4 Å². The number of thioether (sulfide) groups is 1.